The average Bonchev–Trinajstić information content (AvgIpc) is 3.40. The molecule has 3 amide bonds. The highest BCUT2D eigenvalue weighted by atomic mass is 16.7. The second-order valence-electron chi connectivity index (χ2n) is 12.8. The largest absolute Gasteiger partial charge is 0.507 e. The van der Waals surface area contributed by atoms with Crippen molar-refractivity contribution < 1.29 is 53.5 Å². The molecule has 0 spiro atoms. The maximum absolute atomic E-state index is 13.9. The van der Waals surface area contributed by atoms with Gasteiger partial charge in [-0.15, -0.1) is 0 Å². The summed E-state index contributed by atoms with van der Waals surface area (Å²) < 4.78 is 17.7. The zero-order chi connectivity index (χ0) is 35.9. The monoisotopic (exact) mass is 690 g/mol. The van der Waals surface area contributed by atoms with Gasteiger partial charge in [-0.2, -0.15) is 5.10 Å². The number of carbonyl (C=O) groups excluding carboxylic acids is 5. The van der Waals surface area contributed by atoms with E-state index in [1.807, 2.05) is 6.92 Å². The van der Waals surface area contributed by atoms with Crippen LogP contribution in [-0.2, 0) is 30.3 Å². The molecule has 15 heteroatoms. The molecule has 1 unspecified atom stereocenters. The van der Waals surface area contributed by atoms with Gasteiger partial charge in [-0.05, 0) is 38.7 Å². The Morgan fingerprint density at radius 1 is 1.04 bits per heavy atom. The van der Waals surface area contributed by atoms with E-state index in [2.05, 4.69) is 10.5 Å². The van der Waals surface area contributed by atoms with Gasteiger partial charge in [0.25, 0.3) is 11.8 Å². The van der Waals surface area contributed by atoms with E-state index in [1.165, 1.54) is 19.2 Å². The van der Waals surface area contributed by atoms with Crippen molar-refractivity contribution in [3.63, 3.8) is 0 Å². The number of hydrogen-bond donors (Lipinski definition) is 5. The summed E-state index contributed by atoms with van der Waals surface area (Å²) in [6.45, 7) is 1.29. The number of fused-ring (bicyclic) bond motifs is 3. The Kier molecular flexibility index (Phi) is 9.84. The molecule has 6 N–H and O–H groups in total. The van der Waals surface area contributed by atoms with Gasteiger partial charge in [0.05, 0.1) is 48.3 Å². The normalized spacial score (nSPS) is 24.6. The number of phenols is 2. The number of ether oxygens (including phenoxy) is 3. The number of amides is 3. The summed E-state index contributed by atoms with van der Waals surface area (Å²) in [5.41, 5.74) is 8.20. The fourth-order valence-electron chi connectivity index (χ4n) is 7.16. The van der Waals surface area contributed by atoms with Crippen LogP contribution in [0.15, 0.2) is 35.5 Å². The molecule has 50 heavy (non-hydrogen) atoms. The third-order valence-corrected chi connectivity index (χ3v) is 9.51. The minimum atomic E-state index is -1.03. The Morgan fingerprint density at radius 3 is 2.44 bits per heavy atom. The maximum atomic E-state index is 13.9. The van der Waals surface area contributed by atoms with Gasteiger partial charge >= 0.3 is 0 Å². The number of carbonyl (C=O) groups is 5. The number of nitrogens with two attached hydrogens (primary N) is 1. The van der Waals surface area contributed by atoms with Crippen molar-refractivity contribution in [1.29, 1.82) is 0 Å². The summed E-state index contributed by atoms with van der Waals surface area (Å²) in [5, 5.41) is 38.0. The number of hydrogen-bond acceptors (Lipinski definition) is 13. The van der Waals surface area contributed by atoms with Crippen molar-refractivity contribution in [2.75, 3.05) is 20.3 Å². The van der Waals surface area contributed by atoms with E-state index in [0.717, 1.165) is 17.1 Å². The lowest BCUT2D eigenvalue weighted by atomic mass is 9.73. The third-order valence-electron chi connectivity index (χ3n) is 9.51. The number of nitrogens with zero attached hydrogens (tertiary/aromatic N) is 2. The number of hydrazone groups is 1. The van der Waals surface area contributed by atoms with Crippen molar-refractivity contribution in [2.45, 2.75) is 70.0 Å². The summed E-state index contributed by atoms with van der Waals surface area (Å²) in [4.78, 5) is 64.9. The summed E-state index contributed by atoms with van der Waals surface area (Å²) in [5.74, 6) is -4.41. The first kappa shape index (κ1) is 34.9. The molecule has 15 nitrogen and oxygen atoms in total. The summed E-state index contributed by atoms with van der Waals surface area (Å²) in [7, 11) is 1.35. The molecule has 0 bridgehead atoms. The Bertz CT molecular complexity index is 1810. The molecule has 4 aliphatic rings. The highest BCUT2D eigenvalue weighted by Gasteiger charge is 2.44. The van der Waals surface area contributed by atoms with E-state index in [-0.39, 0.29) is 89.2 Å². The van der Waals surface area contributed by atoms with E-state index < -0.39 is 65.7 Å². The van der Waals surface area contributed by atoms with Crippen LogP contribution in [0.25, 0.3) is 0 Å². The first-order valence-corrected chi connectivity index (χ1v) is 16.4. The van der Waals surface area contributed by atoms with Crippen molar-refractivity contribution in [3.05, 3.63) is 63.7 Å². The second kappa shape index (κ2) is 14.1. The van der Waals surface area contributed by atoms with Crippen molar-refractivity contribution >= 4 is 35.0 Å². The molecule has 264 valence electrons. The quantitative estimate of drug-likeness (QED) is 0.0883. The predicted molar refractivity (Wildman–Crippen MR) is 175 cm³/mol. The van der Waals surface area contributed by atoms with Gasteiger partial charge in [-0.1, -0.05) is 12.1 Å². The van der Waals surface area contributed by atoms with Crippen LogP contribution < -0.4 is 15.9 Å². The standard InChI is InChI=1S/C35H38N4O11/c1-16-11-18(36)14-27(49-16)50-23-13-17(21(15-40)37-38-24(41)7-4-10-39-25(42)8-9-26(39)43)12-20-29(23)35(47)31-30(33(20)45)32(44)19-5-3-6-22(48-2)28(19)34(31)46/h3,5-6,8-9,16-18,23,27,40,45,47H,4,7,10-15,36H2,1-2H3,(H,38,41)/b37-21+/t16-,17?,18+,23-,27-/m0/s1. The van der Waals surface area contributed by atoms with Crippen LogP contribution in [0.1, 0.15) is 88.1 Å². The van der Waals surface area contributed by atoms with Gasteiger partial charge in [0.15, 0.2) is 12.1 Å². The fourth-order valence-corrected chi connectivity index (χ4v) is 7.16. The molecule has 2 aromatic rings. The average molecular weight is 691 g/mol. The Hall–Kier alpha value is -4.96. The van der Waals surface area contributed by atoms with Gasteiger partial charge in [-0.25, -0.2) is 5.43 Å². The second-order valence-corrected chi connectivity index (χ2v) is 12.8. The molecule has 1 saturated heterocycles. The number of aliphatic hydroxyl groups excluding tert-OH is 1. The first-order valence-electron chi connectivity index (χ1n) is 16.4. The smallest absolute Gasteiger partial charge is 0.253 e. The van der Waals surface area contributed by atoms with E-state index in [0.29, 0.717) is 12.8 Å². The number of benzene rings is 2. The lowest BCUT2D eigenvalue weighted by molar-refractivity contribution is -0.219. The number of imide groups is 1. The van der Waals surface area contributed by atoms with E-state index in [9.17, 15) is 39.3 Å². The summed E-state index contributed by atoms with van der Waals surface area (Å²) in [6, 6.07) is 4.26. The summed E-state index contributed by atoms with van der Waals surface area (Å²) >= 11 is 0. The minimum Gasteiger partial charge on any atom is -0.507 e. The number of aliphatic hydroxyl groups is 1. The van der Waals surface area contributed by atoms with Gasteiger partial charge < -0.3 is 35.3 Å². The van der Waals surface area contributed by atoms with E-state index in [1.54, 1.807) is 6.07 Å². The molecule has 5 atom stereocenters. The van der Waals surface area contributed by atoms with Crippen LogP contribution in [0.4, 0.5) is 0 Å². The maximum Gasteiger partial charge on any atom is 0.253 e. The molecule has 0 saturated carbocycles. The molecule has 6 rings (SSSR count). The molecule has 2 aromatic carbocycles. The minimum absolute atomic E-state index is 0.00490. The van der Waals surface area contributed by atoms with Crippen LogP contribution in [0.5, 0.6) is 17.2 Å². The van der Waals surface area contributed by atoms with Gasteiger partial charge in [0, 0.05) is 60.2 Å². The molecular weight excluding hydrogens is 652 g/mol. The molecular formula is C35H38N4O11. The number of nitrogens with one attached hydrogen (secondary N) is 1. The number of aromatic hydroxyl groups is 2. The predicted octanol–water partition coefficient (Wildman–Crippen LogP) is 1.52. The van der Waals surface area contributed by atoms with Crippen LogP contribution in [-0.4, -0.2) is 93.9 Å². The van der Waals surface area contributed by atoms with Gasteiger partial charge in [-0.3, -0.25) is 28.9 Å². The SMILES string of the molecule is COc1cccc2c1C(=O)c1c(O)c3c(c(O)c1C2=O)CC(/C(CO)=N/NC(=O)CCCN1C(=O)C=CC1=O)C[C@@H]3O[C@H]1C[C@H](N)C[C@H](C)O1. The number of rotatable bonds is 10. The summed E-state index contributed by atoms with van der Waals surface area (Å²) in [6.07, 6.45) is 1.30. The highest BCUT2D eigenvalue weighted by Crippen LogP contribution is 2.51. The number of ketones is 2. The third kappa shape index (κ3) is 6.40. The van der Waals surface area contributed by atoms with Crippen LogP contribution in [0.2, 0.25) is 0 Å². The number of phenolic OH excluding ortho intramolecular Hbond substituents is 2. The highest BCUT2D eigenvalue weighted by molar-refractivity contribution is 6.31. The van der Waals surface area contributed by atoms with Crippen molar-refractivity contribution in [1.82, 2.24) is 10.3 Å². The Labute approximate surface area is 286 Å². The molecule has 2 aliphatic carbocycles. The topological polar surface area (TPSA) is 227 Å². The Balaban J connectivity index is 1.32. The van der Waals surface area contributed by atoms with Crippen LogP contribution in [0.3, 0.4) is 0 Å². The molecule has 2 aliphatic heterocycles. The zero-order valence-electron chi connectivity index (χ0n) is 27.5. The van der Waals surface area contributed by atoms with E-state index >= 15 is 0 Å². The molecule has 0 radical (unpaired) electrons. The van der Waals surface area contributed by atoms with Crippen molar-refractivity contribution in [2.24, 2.45) is 16.8 Å². The Morgan fingerprint density at radius 2 is 1.76 bits per heavy atom. The molecule has 2 heterocycles. The van der Waals surface area contributed by atoms with E-state index in [4.69, 9.17) is 19.9 Å². The molecule has 1 fully saturated rings. The first-order chi connectivity index (χ1) is 23.9. The molecule has 0 aromatic heterocycles. The van der Waals surface area contributed by atoms with Crippen LogP contribution in [0, 0.1) is 5.92 Å². The lowest BCUT2D eigenvalue weighted by Gasteiger charge is -2.39. The van der Waals surface area contributed by atoms with Crippen molar-refractivity contribution in [3.8, 4) is 17.2 Å². The number of methoxy groups -OCH3 is 1. The van der Waals surface area contributed by atoms with Crippen LogP contribution >= 0.6 is 0 Å². The zero-order valence-corrected chi connectivity index (χ0v) is 27.5. The fraction of sp³-hybridized carbons (Fsp3) is 0.429. The van der Waals surface area contributed by atoms with Gasteiger partial charge in [0.1, 0.15) is 17.2 Å². The van der Waals surface area contributed by atoms with Gasteiger partial charge in [0.2, 0.25) is 11.7 Å². The lowest BCUT2D eigenvalue weighted by Crippen LogP contribution is -2.41.